The Labute approximate surface area is 159 Å². The Morgan fingerprint density at radius 3 is 2.56 bits per heavy atom. The molecule has 0 fully saturated rings. The highest BCUT2D eigenvalue weighted by molar-refractivity contribution is 5.79. The second-order valence-electron chi connectivity index (χ2n) is 6.76. The number of para-hydroxylation sites is 1. The van der Waals surface area contributed by atoms with Gasteiger partial charge in [-0.15, -0.1) is 0 Å². The maximum absolute atomic E-state index is 12.9. The standard InChI is InChI=1S/C22H25N3O2/c1-3-17(2)24(16-18-9-5-4-6-10-18)22(27)13-14-25-20-12-8-7-11-19(20)21(26)15-23-25/h4-12,15,17H,3,13-14,16H2,1-2H3. The first-order chi connectivity index (χ1) is 13.1. The van der Waals surface area contributed by atoms with E-state index in [-0.39, 0.29) is 17.4 Å². The zero-order valence-corrected chi connectivity index (χ0v) is 15.8. The van der Waals surface area contributed by atoms with Crippen molar-refractivity contribution in [3.05, 3.63) is 76.6 Å². The summed E-state index contributed by atoms with van der Waals surface area (Å²) in [6.45, 7) is 5.22. The van der Waals surface area contributed by atoms with E-state index in [0.717, 1.165) is 17.5 Å². The van der Waals surface area contributed by atoms with Crippen molar-refractivity contribution in [3.63, 3.8) is 0 Å². The number of nitrogens with zero attached hydrogens (tertiary/aromatic N) is 3. The molecule has 0 aliphatic carbocycles. The summed E-state index contributed by atoms with van der Waals surface area (Å²) >= 11 is 0. The monoisotopic (exact) mass is 363 g/mol. The molecule has 1 unspecified atom stereocenters. The van der Waals surface area contributed by atoms with Crippen LogP contribution in [0.1, 0.15) is 32.3 Å². The second kappa shape index (κ2) is 8.62. The molecule has 3 aromatic rings. The first kappa shape index (κ1) is 18.8. The smallest absolute Gasteiger partial charge is 0.224 e. The third-order valence-electron chi connectivity index (χ3n) is 4.94. The highest BCUT2D eigenvalue weighted by Crippen LogP contribution is 2.14. The molecule has 1 amide bonds. The molecule has 0 radical (unpaired) electrons. The number of hydrogen-bond acceptors (Lipinski definition) is 3. The Morgan fingerprint density at radius 2 is 1.81 bits per heavy atom. The van der Waals surface area contributed by atoms with Crippen molar-refractivity contribution in [2.75, 3.05) is 0 Å². The van der Waals surface area contributed by atoms with Crippen LogP contribution in [0.5, 0.6) is 0 Å². The van der Waals surface area contributed by atoms with E-state index in [4.69, 9.17) is 0 Å². The molecular weight excluding hydrogens is 338 g/mol. The highest BCUT2D eigenvalue weighted by atomic mass is 16.2. The van der Waals surface area contributed by atoms with Gasteiger partial charge in [-0.05, 0) is 31.0 Å². The van der Waals surface area contributed by atoms with Crippen LogP contribution in [0.25, 0.3) is 10.9 Å². The molecule has 2 aromatic carbocycles. The van der Waals surface area contributed by atoms with Crippen LogP contribution < -0.4 is 5.43 Å². The summed E-state index contributed by atoms with van der Waals surface area (Å²) in [5, 5.41) is 4.85. The van der Waals surface area contributed by atoms with E-state index in [1.807, 2.05) is 53.4 Å². The van der Waals surface area contributed by atoms with Gasteiger partial charge in [0, 0.05) is 24.4 Å². The summed E-state index contributed by atoms with van der Waals surface area (Å²) in [6.07, 6.45) is 2.57. The fraction of sp³-hybridized carbons (Fsp3) is 0.318. The maximum atomic E-state index is 12.9. The van der Waals surface area contributed by atoms with Crippen molar-refractivity contribution >= 4 is 16.8 Å². The molecule has 5 heteroatoms. The fourth-order valence-electron chi connectivity index (χ4n) is 3.17. The van der Waals surface area contributed by atoms with Gasteiger partial charge >= 0.3 is 0 Å². The molecule has 0 spiro atoms. The summed E-state index contributed by atoms with van der Waals surface area (Å²) in [4.78, 5) is 26.8. The van der Waals surface area contributed by atoms with Crippen molar-refractivity contribution in [1.29, 1.82) is 0 Å². The summed E-state index contributed by atoms with van der Waals surface area (Å²) < 4.78 is 1.74. The van der Waals surface area contributed by atoms with Crippen molar-refractivity contribution in [2.24, 2.45) is 0 Å². The Balaban J connectivity index is 1.76. The van der Waals surface area contributed by atoms with E-state index < -0.39 is 0 Å². The van der Waals surface area contributed by atoms with Crippen LogP contribution in [0, 0.1) is 0 Å². The van der Waals surface area contributed by atoms with Crippen LogP contribution in [0.2, 0.25) is 0 Å². The average Bonchev–Trinajstić information content (AvgIpc) is 2.71. The number of aryl methyl sites for hydroxylation is 1. The quantitative estimate of drug-likeness (QED) is 0.644. The van der Waals surface area contributed by atoms with E-state index in [1.165, 1.54) is 6.20 Å². The second-order valence-corrected chi connectivity index (χ2v) is 6.76. The minimum absolute atomic E-state index is 0.0952. The number of fused-ring (bicyclic) bond motifs is 1. The lowest BCUT2D eigenvalue weighted by Crippen LogP contribution is -2.38. The third kappa shape index (κ3) is 4.42. The molecule has 0 saturated carbocycles. The van der Waals surface area contributed by atoms with Crippen LogP contribution in [-0.4, -0.2) is 26.6 Å². The van der Waals surface area contributed by atoms with Crippen molar-refractivity contribution in [2.45, 2.75) is 45.8 Å². The maximum Gasteiger partial charge on any atom is 0.224 e. The summed E-state index contributed by atoms with van der Waals surface area (Å²) in [5.41, 5.74) is 1.78. The molecular formula is C22H25N3O2. The van der Waals surface area contributed by atoms with Crippen LogP contribution in [0.3, 0.4) is 0 Å². The van der Waals surface area contributed by atoms with E-state index in [2.05, 4.69) is 18.9 Å². The first-order valence-electron chi connectivity index (χ1n) is 9.38. The summed E-state index contributed by atoms with van der Waals surface area (Å²) in [7, 11) is 0. The Bertz CT molecular complexity index is 966. The van der Waals surface area contributed by atoms with Gasteiger partial charge in [-0.25, -0.2) is 0 Å². The highest BCUT2D eigenvalue weighted by Gasteiger charge is 2.19. The molecule has 0 bridgehead atoms. The lowest BCUT2D eigenvalue weighted by atomic mass is 10.1. The Kier molecular flexibility index (Phi) is 6.01. The SMILES string of the molecule is CCC(C)N(Cc1ccccc1)C(=O)CCn1ncc(=O)c2ccccc21. The Morgan fingerprint density at radius 1 is 1.11 bits per heavy atom. The molecule has 0 saturated heterocycles. The van der Waals surface area contributed by atoms with Crippen LogP contribution in [0.15, 0.2) is 65.6 Å². The minimum Gasteiger partial charge on any atom is -0.336 e. The van der Waals surface area contributed by atoms with E-state index >= 15 is 0 Å². The van der Waals surface area contributed by atoms with Gasteiger partial charge in [0.2, 0.25) is 11.3 Å². The van der Waals surface area contributed by atoms with E-state index in [1.54, 1.807) is 10.7 Å². The molecule has 0 N–H and O–H groups in total. The van der Waals surface area contributed by atoms with Crippen LogP contribution >= 0.6 is 0 Å². The van der Waals surface area contributed by atoms with Crippen molar-refractivity contribution in [3.8, 4) is 0 Å². The Hall–Kier alpha value is -2.95. The first-order valence-corrected chi connectivity index (χ1v) is 9.38. The summed E-state index contributed by atoms with van der Waals surface area (Å²) in [5.74, 6) is 0.0952. The molecule has 1 aromatic heterocycles. The number of carbonyl (C=O) groups is 1. The third-order valence-corrected chi connectivity index (χ3v) is 4.94. The number of benzene rings is 2. The molecule has 1 atom stereocenters. The molecule has 5 nitrogen and oxygen atoms in total. The van der Waals surface area contributed by atoms with Crippen LogP contribution in [0.4, 0.5) is 0 Å². The number of amides is 1. The number of carbonyl (C=O) groups excluding carboxylic acids is 1. The predicted octanol–water partition coefficient (Wildman–Crippen LogP) is 3.61. The lowest BCUT2D eigenvalue weighted by Gasteiger charge is -2.29. The van der Waals surface area contributed by atoms with Gasteiger partial charge in [-0.2, -0.15) is 5.10 Å². The topological polar surface area (TPSA) is 55.2 Å². The van der Waals surface area contributed by atoms with Gasteiger partial charge in [0.25, 0.3) is 0 Å². The van der Waals surface area contributed by atoms with Crippen LogP contribution in [-0.2, 0) is 17.9 Å². The van der Waals surface area contributed by atoms with Gasteiger partial charge in [0.15, 0.2) is 0 Å². The van der Waals surface area contributed by atoms with Gasteiger partial charge in [0.1, 0.15) is 0 Å². The van der Waals surface area contributed by atoms with E-state index in [9.17, 15) is 9.59 Å². The molecule has 0 aliphatic rings. The van der Waals surface area contributed by atoms with Gasteiger partial charge in [0.05, 0.1) is 18.3 Å². The molecule has 1 heterocycles. The van der Waals surface area contributed by atoms with Crippen molar-refractivity contribution in [1.82, 2.24) is 14.7 Å². The van der Waals surface area contributed by atoms with Gasteiger partial charge < -0.3 is 4.90 Å². The zero-order valence-electron chi connectivity index (χ0n) is 15.8. The summed E-state index contributed by atoms with van der Waals surface area (Å²) in [6, 6.07) is 17.6. The van der Waals surface area contributed by atoms with E-state index in [0.29, 0.717) is 24.9 Å². The van der Waals surface area contributed by atoms with Crippen molar-refractivity contribution < 1.29 is 4.79 Å². The number of hydrogen-bond donors (Lipinski definition) is 0. The average molecular weight is 363 g/mol. The number of rotatable bonds is 7. The molecule has 27 heavy (non-hydrogen) atoms. The van der Waals surface area contributed by atoms with Gasteiger partial charge in [-0.3, -0.25) is 14.3 Å². The molecule has 3 rings (SSSR count). The largest absolute Gasteiger partial charge is 0.336 e. The molecule has 140 valence electrons. The van der Waals surface area contributed by atoms with Gasteiger partial charge in [-0.1, -0.05) is 49.4 Å². The normalized spacial score (nSPS) is 12.1. The molecule has 0 aliphatic heterocycles. The lowest BCUT2D eigenvalue weighted by molar-refractivity contribution is -0.134. The fourth-order valence-corrected chi connectivity index (χ4v) is 3.17. The zero-order chi connectivity index (χ0) is 19.2. The minimum atomic E-state index is -0.0986. The predicted molar refractivity (Wildman–Crippen MR) is 107 cm³/mol. The number of aromatic nitrogens is 2.